The third-order valence-corrected chi connectivity index (χ3v) is 7.42. The van der Waals surface area contributed by atoms with E-state index < -0.39 is 0 Å². The molecule has 5 heteroatoms. The number of thioether (sulfide) groups is 1. The lowest BCUT2D eigenvalue weighted by Gasteiger charge is -2.16. The van der Waals surface area contributed by atoms with E-state index in [1.807, 2.05) is 37.3 Å². The predicted molar refractivity (Wildman–Crippen MR) is 124 cm³/mol. The zero-order valence-corrected chi connectivity index (χ0v) is 17.8. The molecule has 0 amide bonds. The fourth-order valence-electron chi connectivity index (χ4n) is 3.91. The van der Waals surface area contributed by atoms with E-state index in [0.717, 1.165) is 39.5 Å². The highest BCUT2D eigenvalue weighted by Crippen LogP contribution is 2.42. The zero-order chi connectivity index (χ0) is 20.0. The Kier molecular flexibility index (Phi) is 4.64. The van der Waals surface area contributed by atoms with Crippen LogP contribution in [-0.4, -0.2) is 15.3 Å². The summed E-state index contributed by atoms with van der Waals surface area (Å²) < 4.78 is 1.77. The molecule has 0 fully saturated rings. The second-order valence-corrected chi connectivity index (χ2v) is 9.20. The van der Waals surface area contributed by atoms with Crippen molar-refractivity contribution in [2.75, 3.05) is 5.75 Å². The Labute approximate surface area is 177 Å². The molecule has 0 saturated heterocycles. The molecule has 0 unspecified atom stereocenters. The summed E-state index contributed by atoms with van der Waals surface area (Å²) in [5, 5.41) is 1.50. The molecule has 2 heterocycles. The molecule has 144 valence electrons. The second-order valence-electron chi connectivity index (χ2n) is 7.22. The van der Waals surface area contributed by atoms with Gasteiger partial charge in [0.05, 0.1) is 11.1 Å². The Morgan fingerprint density at radius 3 is 2.76 bits per heavy atom. The van der Waals surface area contributed by atoms with Crippen LogP contribution < -0.4 is 5.56 Å². The Balaban J connectivity index is 1.80. The van der Waals surface area contributed by atoms with Gasteiger partial charge >= 0.3 is 0 Å². The maximum atomic E-state index is 13.7. The summed E-state index contributed by atoms with van der Waals surface area (Å²) in [4.78, 5) is 20.7. The average Bonchev–Trinajstić information content (AvgIpc) is 3.12. The third-order valence-electron chi connectivity index (χ3n) is 5.32. The quantitative estimate of drug-likeness (QED) is 0.240. The van der Waals surface area contributed by atoms with Crippen LogP contribution in [0.4, 0.5) is 0 Å². The molecule has 0 saturated carbocycles. The first-order chi connectivity index (χ1) is 14.2. The monoisotopic (exact) mass is 416 g/mol. The molecule has 0 N–H and O–H groups in total. The van der Waals surface area contributed by atoms with E-state index in [2.05, 4.69) is 30.8 Å². The van der Waals surface area contributed by atoms with Crippen LogP contribution in [0.2, 0.25) is 0 Å². The maximum absolute atomic E-state index is 13.7. The minimum absolute atomic E-state index is 0.0299. The number of aromatic nitrogens is 2. The van der Waals surface area contributed by atoms with Crippen LogP contribution in [0.25, 0.3) is 26.3 Å². The van der Waals surface area contributed by atoms with Crippen molar-refractivity contribution in [1.29, 1.82) is 0 Å². The van der Waals surface area contributed by atoms with E-state index in [-0.39, 0.29) is 5.56 Å². The van der Waals surface area contributed by atoms with Crippen LogP contribution in [0.15, 0.2) is 71.1 Å². The molecule has 0 bridgehead atoms. The Morgan fingerprint density at radius 2 is 1.97 bits per heavy atom. The van der Waals surface area contributed by atoms with Crippen molar-refractivity contribution >= 4 is 33.3 Å². The van der Waals surface area contributed by atoms with Gasteiger partial charge < -0.3 is 0 Å². The summed E-state index contributed by atoms with van der Waals surface area (Å²) >= 11 is 3.19. The molecule has 5 rings (SSSR count). The summed E-state index contributed by atoms with van der Waals surface area (Å²) in [6, 6.07) is 16.6. The Hall–Kier alpha value is -2.63. The lowest BCUT2D eigenvalue weighted by molar-refractivity contribution is 0.820. The average molecular weight is 417 g/mol. The molecular formula is C24H20N2OS2. The lowest BCUT2D eigenvalue weighted by Crippen LogP contribution is -2.22. The summed E-state index contributed by atoms with van der Waals surface area (Å²) in [6.45, 7) is 5.87. The summed E-state index contributed by atoms with van der Waals surface area (Å²) in [6.07, 6.45) is 3.69. The zero-order valence-electron chi connectivity index (χ0n) is 16.1. The van der Waals surface area contributed by atoms with Crippen LogP contribution in [0.3, 0.4) is 0 Å². The van der Waals surface area contributed by atoms with Gasteiger partial charge in [-0.25, -0.2) is 4.98 Å². The van der Waals surface area contributed by atoms with Crippen LogP contribution in [0.1, 0.15) is 16.7 Å². The smallest absolute Gasteiger partial charge is 0.267 e. The van der Waals surface area contributed by atoms with Crippen molar-refractivity contribution in [3.8, 4) is 16.1 Å². The van der Waals surface area contributed by atoms with Gasteiger partial charge in [-0.3, -0.25) is 9.36 Å². The molecule has 2 aromatic heterocycles. The highest BCUT2D eigenvalue weighted by molar-refractivity contribution is 7.99. The van der Waals surface area contributed by atoms with E-state index in [1.54, 1.807) is 27.7 Å². The van der Waals surface area contributed by atoms with Crippen molar-refractivity contribution in [2.24, 2.45) is 0 Å². The van der Waals surface area contributed by atoms with Crippen LogP contribution in [-0.2, 0) is 12.8 Å². The number of rotatable bonds is 4. The van der Waals surface area contributed by atoms with Gasteiger partial charge in [0.25, 0.3) is 5.56 Å². The van der Waals surface area contributed by atoms with Gasteiger partial charge in [0, 0.05) is 10.6 Å². The highest BCUT2D eigenvalue weighted by atomic mass is 32.2. The summed E-state index contributed by atoms with van der Waals surface area (Å²) in [7, 11) is 0. The third kappa shape index (κ3) is 3.05. The number of fused-ring (bicyclic) bond motifs is 5. The fraction of sp³-hybridized carbons (Fsp3) is 0.167. The maximum Gasteiger partial charge on any atom is 0.267 e. The van der Waals surface area contributed by atoms with E-state index in [1.165, 1.54) is 21.6 Å². The largest absolute Gasteiger partial charge is 0.268 e. The van der Waals surface area contributed by atoms with Crippen LogP contribution in [0, 0.1) is 6.92 Å². The van der Waals surface area contributed by atoms with Crippen LogP contribution >= 0.6 is 23.1 Å². The normalized spacial score (nSPS) is 12.6. The second kappa shape index (κ2) is 7.32. The number of thiophene rings is 1. The van der Waals surface area contributed by atoms with Gasteiger partial charge in [-0.1, -0.05) is 59.8 Å². The minimum Gasteiger partial charge on any atom is -0.268 e. The lowest BCUT2D eigenvalue weighted by atomic mass is 9.90. The van der Waals surface area contributed by atoms with Crippen molar-refractivity contribution in [3.63, 3.8) is 0 Å². The standard InChI is InChI=1S/C24H20N2OS2/c1-3-14-28-24-25-22-20(23(27)26(24)17-11-8-15(2)9-12-17)19-13-10-16-6-4-5-7-18(16)21(19)29-22/h3-9,11-12H,1,10,13-14H2,2H3. The topological polar surface area (TPSA) is 34.9 Å². The summed E-state index contributed by atoms with van der Waals surface area (Å²) in [5.74, 6) is 0.706. The van der Waals surface area contributed by atoms with Crippen molar-refractivity contribution < 1.29 is 0 Å². The molecule has 0 atom stereocenters. The van der Waals surface area contributed by atoms with E-state index in [9.17, 15) is 4.79 Å². The molecule has 0 spiro atoms. The number of aryl methyl sites for hydroxylation is 3. The van der Waals surface area contributed by atoms with E-state index >= 15 is 0 Å². The van der Waals surface area contributed by atoms with Crippen molar-refractivity contribution in [3.05, 3.63) is 88.2 Å². The fourth-order valence-corrected chi connectivity index (χ4v) is 5.99. The first-order valence-electron chi connectivity index (χ1n) is 9.65. The SMILES string of the molecule is C=CCSc1nc2sc3c(c2c(=O)n1-c1ccc(C)cc1)CCc1ccccc1-3. The van der Waals surface area contributed by atoms with E-state index in [4.69, 9.17) is 4.98 Å². The number of nitrogens with zero attached hydrogens (tertiary/aromatic N) is 2. The molecule has 3 nitrogen and oxygen atoms in total. The van der Waals surface area contributed by atoms with Gasteiger partial charge in [-0.05, 0) is 48.6 Å². The molecule has 1 aliphatic rings. The number of benzene rings is 2. The molecular weight excluding hydrogens is 396 g/mol. The number of hydrogen-bond acceptors (Lipinski definition) is 4. The van der Waals surface area contributed by atoms with Crippen molar-refractivity contribution in [2.45, 2.75) is 24.9 Å². The van der Waals surface area contributed by atoms with Gasteiger partial charge in [0.1, 0.15) is 4.83 Å². The van der Waals surface area contributed by atoms with Gasteiger partial charge in [0.15, 0.2) is 5.16 Å². The van der Waals surface area contributed by atoms with Crippen molar-refractivity contribution in [1.82, 2.24) is 9.55 Å². The van der Waals surface area contributed by atoms with Gasteiger partial charge in [-0.15, -0.1) is 17.9 Å². The first kappa shape index (κ1) is 18.4. The Morgan fingerprint density at radius 1 is 1.17 bits per heavy atom. The molecule has 4 aromatic rings. The van der Waals surface area contributed by atoms with Gasteiger partial charge in [0.2, 0.25) is 0 Å². The molecule has 0 radical (unpaired) electrons. The number of hydrogen-bond donors (Lipinski definition) is 0. The molecule has 0 aliphatic heterocycles. The van der Waals surface area contributed by atoms with Crippen LogP contribution in [0.5, 0.6) is 0 Å². The van der Waals surface area contributed by atoms with E-state index in [0.29, 0.717) is 5.75 Å². The Bertz CT molecular complexity index is 1300. The molecule has 29 heavy (non-hydrogen) atoms. The predicted octanol–water partition coefficient (Wildman–Crippen LogP) is 5.80. The van der Waals surface area contributed by atoms with Gasteiger partial charge in [-0.2, -0.15) is 0 Å². The summed E-state index contributed by atoms with van der Waals surface area (Å²) in [5.41, 5.74) is 5.81. The first-order valence-corrected chi connectivity index (χ1v) is 11.4. The minimum atomic E-state index is 0.0299. The highest BCUT2D eigenvalue weighted by Gasteiger charge is 2.25. The molecule has 2 aromatic carbocycles. The molecule has 1 aliphatic carbocycles.